The van der Waals surface area contributed by atoms with Gasteiger partial charge in [0.05, 0.1) is 16.3 Å². The van der Waals surface area contributed by atoms with Gasteiger partial charge in [0.2, 0.25) is 0 Å². The Morgan fingerprint density at radius 3 is 1.58 bits per heavy atom. The van der Waals surface area contributed by atoms with Gasteiger partial charge in [0.25, 0.3) is 5.69 Å². The van der Waals surface area contributed by atoms with Gasteiger partial charge in [-0.05, 0) is 12.1 Å². The van der Waals surface area contributed by atoms with E-state index < -0.39 is 4.92 Å². The topological polar surface area (TPSA) is 68.9 Å². The summed E-state index contributed by atoms with van der Waals surface area (Å²) in [5, 5.41) is 16.8. The molecule has 3 aromatic carbocycles. The fourth-order valence-electron chi connectivity index (χ4n) is 3.20. The predicted octanol–water partition coefficient (Wildman–Crippen LogP) is 7.18. The zero-order chi connectivity index (χ0) is 21.2. The van der Waals surface area contributed by atoms with Gasteiger partial charge in [0.15, 0.2) is 0 Å². The highest BCUT2D eigenvalue weighted by Crippen LogP contribution is 2.32. The summed E-state index contributed by atoms with van der Waals surface area (Å²) in [5.41, 5.74) is 5.92. The van der Waals surface area contributed by atoms with Gasteiger partial charge in [-0.2, -0.15) is 0 Å². The molecule has 0 unspecified atom stereocenters. The van der Waals surface area contributed by atoms with Crippen LogP contribution in [-0.2, 0) is 0 Å². The third kappa shape index (κ3) is 4.01. The molecule has 5 aromatic rings. The number of benzene rings is 3. The number of nitro groups is 1. The quantitative estimate of drug-likeness (QED) is 0.214. The van der Waals surface area contributed by atoms with Crippen molar-refractivity contribution in [2.75, 3.05) is 0 Å². The van der Waals surface area contributed by atoms with Crippen molar-refractivity contribution in [3.8, 4) is 43.7 Å². The standard InChI is InChI=1S/C24H15N3O2S2/c28-27(29)20-12-10-17(11-13-20)22-15-31-24(26-22)19-8-6-16(7-9-19)21-14-30-23(25-21)18-4-2-1-3-5-18/h1-15H. The third-order valence-corrected chi connectivity index (χ3v) is 6.61. The van der Waals surface area contributed by atoms with Gasteiger partial charge in [0, 0.05) is 45.1 Å². The summed E-state index contributed by atoms with van der Waals surface area (Å²) in [6, 6.07) is 24.9. The van der Waals surface area contributed by atoms with Crippen molar-refractivity contribution < 1.29 is 4.92 Å². The van der Waals surface area contributed by atoms with Gasteiger partial charge in [-0.3, -0.25) is 10.1 Å². The van der Waals surface area contributed by atoms with E-state index >= 15 is 0 Å². The summed E-state index contributed by atoms with van der Waals surface area (Å²) in [6.07, 6.45) is 0. The molecule has 31 heavy (non-hydrogen) atoms. The third-order valence-electron chi connectivity index (χ3n) is 4.83. The molecule has 5 nitrogen and oxygen atoms in total. The highest BCUT2D eigenvalue weighted by atomic mass is 32.1. The Labute approximate surface area is 186 Å². The zero-order valence-corrected chi connectivity index (χ0v) is 17.8. The van der Waals surface area contributed by atoms with Gasteiger partial charge in [-0.15, -0.1) is 22.7 Å². The van der Waals surface area contributed by atoms with Crippen LogP contribution >= 0.6 is 22.7 Å². The van der Waals surface area contributed by atoms with E-state index in [0.29, 0.717) is 0 Å². The molecular weight excluding hydrogens is 426 g/mol. The molecule has 0 bridgehead atoms. The Morgan fingerprint density at radius 2 is 1.06 bits per heavy atom. The first-order chi connectivity index (χ1) is 15.2. The van der Waals surface area contributed by atoms with Crippen LogP contribution in [0.1, 0.15) is 0 Å². The van der Waals surface area contributed by atoms with Crippen molar-refractivity contribution in [2.24, 2.45) is 0 Å². The van der Waals surface area contributed by atoms with Gasteiger partial charge in [-0.1, -0.05) is 54.6 Å². The van der Waals surface area contributed by atoms with Gasteiger partial charge in [-0.25, -0.2) is 9.97 Å². The number of nitro benzene ring substituents is 1. The molecule has 0 aliphatic heterocycles. The lowest BCUT2D eigenvalue weighted by molar-refractivity contribution is -0.384. The fourth-order valence-corrected chi connectivity index (χ4v) is 4.87. The van der Waals surface area contributed by atoms with E-state index in [4.69, 9.17) is 9.97 Å². The van der Waals surface area contributed by atoms with Crippen LogP contribution in [0, 0.1) is 10.1 Å². The summed E-state index contributed by atoms with van der Waals surface area (Å²) >= 11 is 3.19. The van der Waals surface area contributed by atoms with Crippen LogP contribution in [0.15, 0.2) is 89.6 Å². The normalized spacial score (nSPS) is 10.8. The molecule has 0 aliphatic carbocycles. The zero-order valence-electron chi connectivity index (χ0n) is 16.1. The summed E-state index contributed by atoms with van der Waals surface area (Å²) in [5.74, 6) is 0. The van der Waals surface area contributed by atoms with E-state index in [9.17, 15) is 10.1 Å². The Kier molecular flexibility index (Phi) is 5.11. The minimum atomic E-state index is -0.400. The SMILES string of the molecule is O=[N+]([O-])c1ccc(-c2csc(-c3ccc(-c4csc(-c5ccccc5)n4)cc3)n2)cc1. The molecule has 2 heterocycles. The summed E-state index contributed by atoms with van der Waals surface area (Å²) in [4.78, 5) is 19.9. The van der Waals surface area contributed by atoms with Crippen LogP contribution in [0.4, 0.5) is 5.69 Å². The van der Waals surface area contributed by atoms with Crippen molar-refractivity contribution in [3.05, 3.63) is 99.7 Å². The van der Waals surface area contributed by atoms with E-state index in [1.807, 2.05) is 23.6 Å². The Morgan fingerprint density at radius 1 is 0.613 bits per heavy atom. The van der Waals surface area contributed by atoms with Gasteiger partial charge >= 0.3 is 0 Å². The van der Waals surface area contributed by atoms with Crippen LogP contribution in [-0.4, -0.2) is 14.9 Å². The average Bonchev–Trinajstić information content (AvgIpc) is 3.50. The molecule has 0 saturated carbocycles. The first kappa shape index (κ1) is 19.3. The highest BCUT2D eigenvalue weighted by Gasteiger charge is 2.11. The molecule has 2 aromatic heterocycles. The minimum Gasteiger partial charge on any atom is -0.258 e. The lowest BCUT2D eigenvalue weighted by Crippen LogP contribution is -1.87. The second-order valence-electron chi connectivity index (χ2n) is 6.82. The average molecular weight is 442 g/mol. The first-order valence-electron chi connectivity index (χ1n) is 9.49. The lowest BCUT2D eigenvalue weighted by atomic mass is 10.1. The van der Waals surface area contributed by atoms with E-state index in [1.54, 1.807) is 34.8 Å². The Bertz CT molecular complexity index is 1340. The molecule has 0 radical (unpaired) electrons. The highest BCUT2D eigenvalue weighted by molar-refractivity contribution is 7.13. The monoisotopic (exact) mass is 441 g/mol. The molecule has 0 amide bonds. The molecule has 0 spiro atoms. The van der Waals surface area contributed by atoms with Crippen LogP contribution in [0.25, 0.3) is 43.7 Å². The van der Waals surface area contributed by atoms with E-state index in [2.05, 4.69) is 41.8 Å². The van der Waals surface area contributed by atoms with Crippen molar-refractivity contribution in [2.45, 2.75) is 0 Å². The van der Waals surface area contributed by atoms with E-state index in [1.165, 1.54) is 12.1 Å². The maximum Gasteiger partial charge on any atom is 0.269 e. The van der Waals surface area contributed by atoms with Crippen molar-refractivity contribution in [1.82, 2.24) is 9.97 Å². The van der Waals surface area contributed by atoms with Crippen LogP contribution in [0.5, 0.6) is 0 Å². The van der Waals surface area contributed by atoms with Gasteiger partial charge < -0.3 is 0 Å². The number of hydrogen-bond acceptors (Lipinski definition) is 6. The summed E-state index contributed by atoms with van der Waals surface area (Å²) in [7, 11) is 0. The summed E-state index contributed by atoms with van der Waals surface area (Å²) < 4.78 is 0. The lowest BCUT2D eigenvalue weighted by Gasteiger charge is -2.00. The fraction of sp³-hybridized carbons (Fsp3) is 0. The van der Waals surface area contributed by atoms with Crippen LogP contribution < -0.4 is 0 Å². The second kappa shape index (κ2) is 8.22. The molecule has 5 rings (SSSR count). The summed E-state index contributed by atoms with van der Waals surface area (Å²) in [6.45, 7) is 0. The molecule has 0 aliphatic rings. The molecular formula is C24H15N3O2S2. The largest absolute Gasteiger partial charge is 0.269 e. The first-order valence-corrected chi connectivity index (χ1v) is 11.3. The Balaban J connectivity index is 1.36. The van der Waals surface area contributed by atoms with Crippen LogP contribution in [0.2, 0.25) is 0 Å². The number of hydrogen-bond donors (Lipinski definition) is 0. The second-order valence-corrected chi connectivity index (χ2v) is 8.54. The number of non-ortho nitro benzene ring substituents is 1. The molecule has 7 heteroatoms. The molecule has 0 N–H and O–H groups in total. The number of aromatic nitrogens is 2. The van der Waals surface area contributed by atoms with E-state index in [-0.39, 0.29) is 5.69 Å². The smallest absolute Gasteiger partial charge is 0.258 e. The number of rotatable bonds is 5. The maximum atomic E-state index is 10.8. The van der Waals surface area contributed by atoms with E-state index in [0.717, 1.165) is 43.7 Å². The molecule has 0 fully saturated rings. The van der Waals surface area contributed by atoms with Crippen molar-refractivity contribution in [1.29, 1.82) is 0 Å². The van der Waals surface area contributed by atoms with Crippen molar-refractivity contribution >= 4 is 28.4 Å². The van der Waals surface area contributed by atoms with Crippen molar-refractivity contribution in [3.63, 3.8) is 0 Å². The maximum absolute atomic E-state index is 10.8. The van der Waals surface area contributed by atoms with Crippen LogP contribution in [0.3, 0.4) is 0 Å². The predicted molar refractivity (Wildman–Crippen MR) is 126 cm³/mol. The number of nitrogens with zero attached hydrogens (tertiary/aromatic N) is 3. The Hall–Kier alpha value is -3.68. The number of thiazole rings is 2. The molecule has 0 atom stereocenters. The molecule has 0 saturated heterocycles. The minimum absolute atomic E-state index is 0.0762. The molecule has 150 valence electrons. The van der Waals surface area contributed by atoms with Gasteiger partial charge in [0.1, 0.15) is 10.0 Å².